The average molecular weight is 503 g/mol. The first-order chi connectivity index (χ1) is 18.1. The van der Waals surface area contributed by atoms with Crippen LogP contribution in [0.1, 0.15) is 61.9 Å². The molecule has 0 saturated carbocycles. The molecule has 5 rings (SSSR count). The third kappa shape index (κ3) is 4.97. The highest BCUT2D eigenvalue weighted by atomic mass is 16.5. The van der Waals surface area contributed by atoms with E-state index in [1.165, 1.54) is 0 Å². The Kier molecular flexibility index (Phi) is 7.53. The largest absolute Gasteiger partial charge is 0.490 e. The average Bonchev–Trinajstić information content (AvgIpc) is 2.95. The second-order valence-corrected chi connectivity index (χ2v) is 9.56. The first-order valence-corrected chi connectivity index (χ1v) is 13.3. The summed E-state index contributed by atoms with van der Waals surface area (Å²) in [4.78, 5) is 33.2. The maximum atomic E-state index is 13.8. The fourth-order valence-corrected chi connectivity index (χ4v) is 5.56. The number of aromatic nitrogens is 1. The lowest BCUT2D eigenvalue weighted by Crippen LogP contribution is -2.57. The molecule has 0 radical (unpaired) electrons. The highest BCUT2D eigenvalue weighted by Gasteiger charge is 2.45. The minimum Gasteiger partial charge on any atom is -0.490 e. The van der Waals surface area contributed by atoms with E-state index in [2.05, 4.69) is 17.1 Å². The maximum absolute atomic E-state index is 13.8. The second kappa shape index (κ2) is 11.2. The zero-order chi connectivity index (χ0) is 25.8. The number of hydrazone groups is 1. The molecule has 1 unspecified atom stereocenters. The topological polar surface area (TPSA) is 84.3 Å². The number of likely N-dealkylation sites (tertiary alicyclic amines) is 1. The first-order valence-electron chi connectivity index (χ1n) is 13.3. The molecule has 2 amide bonds. The van der Waals surface area contributed by atoms with Crippen molar-refractivity contribution in [3.05, 3.63) is 66.0 Å². The number of pyridine rings is 1. The summed E-state index contributed by atoms with van der Waals surface area (Å²) in [7, 11) is 0. The van der Waals surface area contributed by atoms with Crippen LogP contribution >= 0.6 is 0 Å². The number of hydrogen-bond acceptors (Lipinski definition) is 6. The van der Waals surface area contributed by atoms with Crippen molar-refractivity contribution >= 4 is 17.5 Å². The van der Waals surface area contributed by atoms with Crippen molar-refractivity contribution in [1.29, 1.82) is 0 Å². The Hall–Kier alpha value is -3.68. The van der Waals surface area contributed by atoms with Crippen molar-refractivity contribution in [2.45, 2.75) is 52.1 Å². The molecule has 194 valence electrons. The lowest BCUT2D eigenvalue weighted by atomic mass is 9.76. The van der Waals surface area contributed by atoms with Gasteiger partial charge in [0.25, 0.3) is 5.91 Å². The molecule has 0 bridgehead atoms. The number of piperidine rings is 1. The van der Waals surface area contributed by atoms with E-state index in [-0.39, 0.29) is 23.7 Å². The van der Waals surface area contributed by atoms with Crippen molar-refractivity contribution in [3.8, 4) is 11.5 Å². The molecule has 3 atom stereocenters. The molecule has 8 heteroatoms. The number of allylic oxidation sites excluding steroid dienone is 2. The van der Waals surface area contributed by atoms with Gasteiger partial charge in [-0.2, -0.15) is 5.10 Å². The van der Waals surface area contributed by atoms with E-state index < -0.39 is 6.17 Å². The van der Waals surface area contributed by atoms with Gasteiger partial charge >= 0.3 is 0 Å². The minimum absolute atomic E-state index is 0.00602. The molecule has 0 spiro atoms. The monoisotopic (exact) mass is 502 g/mol. The summed E-state index contributed by atoms with van der Waals surface area (Å²) >= 11 is 0. The zero-order valence-electron chi connectivity index (χ0n) is 21.5. The van der Waals surface area contributed by atoms with Crippen LogP contribution in [-0.2, 0) is 4.79 Å². The number of ether oxygens (including phenoxy) is 2. The van der Waals surface area contributed by atoms with Gasteiger partial charge in [-0.3, -0.25) is 14.6 Å². The summed E-state index contributed by atoms with van der Waals surface area (Å²) < 4.78 is 11.7. The van der Waals surface area contributed by atoms with Gasteiger partial charge in [0, 0.05) is 36.0 Å². The molecule has 37 heavy (non-hydrogen) atoms. The molecular weight excluding hydrogens is 468 g/mol. The van der Waals surface area contributed by atoms with Gasteiger partial charge in [0.05, 0.1) is 24.8 Å². The summed E-state index contributed by atoms with van der Waals surface area (Å²) in [5.74, 6) is 1.03. The third-order valence-corrected chi connectivity index (χ3v) is 7.32. The Morgan fingerprint density at radius 2 is 1.70 bits per heavy atom. The van der Waals surface area contributed by atoms with Crippen LogP contribution in [0.25, 0.3) is 0 Å². The van der Waals surface area contributed by atoms with E-state index in [1.807, 2.05) is 32.0 Å². The normalized spacial score (nSPS) is 23.4. The standard InChI is InChI=1S/C29H34N4O4/c1-3-36-24-13-12-21(19-25(24)37-4-2)27-22-9-5-6-10-23(22)29(35)33(31-27)26-11-7-8-18-32(26)28(34)20-14-16-30-17-15-20/h5-6,12-17,19,22-23,26H,3-4,7-11,18H2,1-2H3/t22-,23+,26?/m0/s1. The van der Waals surface area contributed by atoms with Gasteiger partial charge in [-0.15, -0.1) is 0 Å². The SMILES string of the molecule is CCOc1ccc(C2=NN(C3CCCCN3C(=O)c3ccncc3)C(=O)[C@@H]3CC=CC[C@H]23)cc1OCC. The number of benzene rings is 1. The van der Waals surface area contributed by atoms with Crippen molar-refractivity contribution < 1.29 is 19.1 Å². The van der Waals surface area contributed by atoms with Crippen LogP contribution in [0.2, 0.25) is 0 Å². The molecule has 1 aromatic heterocycles. The van der Waals surface area contributed by atoms with Crippen LogP contribution in [0.5, 0.6) is 11.5 Å². The molecule has 1 fully saturated rings. The van der Waals surface area contributed by atoms with Crippen molar-refractivity contribution in [3.63, 3.8) is 0 Å². The summed E-state index contributed by atoms with van der Waals surface area (Å²) in [6.07, 6.45) is 11.0. The van der Waals surface area contributed by atoms with Crippen LogP contribution in [-0.4, -0.2) is 58.3 Å². The first kappa shape index (κ1) is 25.0. The molecule has 1 saturated heterocycles. The van der Waals surface area contributed by atoms with Gasteiger partial charge in [-0.05, 0) is 76.3 Å². The van der Waals surface area contributed by atoms with E-state index >= 15 is 0 Å². The van der Waals surface area contributed by atoms with E-state index in [9.17, 15) is 9.59 Å². The molecule has 2 aliphatic heterocycles. The van der Waals surface area contributed by atoms with Gasteiger partial charge in [0.15, 0.2) is 11.5 Å². The number of fused-ring (bicyclic) bond motifs is 1. The van der Waals surface area contributed by atoms with Gasteiger partial charge in [-0.1, -0.05) is 12.2 Å². The molecule has 0 N–H and O–H groups in total. The number of nitrogens with zero attached hydrogens (tertiary/aromatic N) is 4. The molecule has 2 aromatic rings. The lowest BCUT2D eigenvalue weighted by Gasteiger charge is -2.45. The lowest BCUT2D eigenvalue weighted by molar-refractivity contribution is -0.145. The Balaban J connectivity index is 1.54. The van der Waals surface area contributed by atoms with Crippen molar-refractivity contribution in [2.24, 2.45) is 16.9 Å². The number of rotatable bonds is 7. The van der Waals surface area contributed by atoms with Gasteiger partial charge in [0.1, 0.15) is 6.17 Å². The highest BCUT2D eigenvalue weighted by Crippen LogP contribution is 2.39. The number of carbonyl (C=O) groups is 2. The third-order valence-electron chi connectivity index (χ3n) is 7.32. The number of carbonyl (C=O) groups excluding carboxylic acids is 2. The Bertz CT molecular complexity index is 1200. The van der Waals surface area contributed by atoms with Gasteiger partial charge < -0.3 is 14.4 Å². The van der Waals surface area contributed by atoms with Crippen LogP contribution in [0.3, 0.4) is 0 Å². The second-order valence-electron chi connectivity index (χ2n) is 9.56. The number of amides is 2. The predicted molar refractivity (Wildman–Crippen MR) is 140 cm³/mol. The Morgan fingerprint density at radius 3 is 2.46 bits per heavy atom. The van der Waals surface area contributed by atoms with E-state index in [0.717, 1.165) is 30.5 Å². The molecular formula is C29H34N4O4. The van der Waals surface area contributed by atoms with E-state index in [1.54, 1.807) is 34.4 Å². The summed E-state index contributed by atoms with van der Waals surface area (Å²) in [5.41, 5.74) is 2.35. The fraction of sp³-hybridized carbons (Fsp3) is 0.448. The van der Waals surface area contributed by atoms with Crippen LogP contribution in [0, 0.1) is 11.8 Å². The summed E-state index contributed by atoms with van der Waals surface area (Å²) in [6.45, 7) is 5.54. The summed E-state index contributed by atoms with van der Waals surface area (Å²) in [5, 5.41) is 6.61. The number of hydrogen-bond donors (Lipinski definition) is 0. The molecule has 8 nitrogen and oxygen atoms in total. The van der Waals surface area contributed by atoms with Crippen LogP contribution in [0.15, 0.2) is 60.0 Å². The summed E-state index contributed by atoms with van der Waals surface area (Å²) in [6, 6.07) is 9.32. The van der Waals surface area contributed by atoms with E-state index in [4.69, 9.17) is 14.6 Å². The molecule has 1 aromatic carbocycles. The fourth-order valence-electron chi connectivity index (χ4n) is 5.56. The smallest absolute Gasteiger partial charge is 0.255 e. The Morgan fingerprint density at radius 1 is 0.973 bits per heavy atom. The highest BCUT2D eigenvalue weighted by molar-refractivity contribution is 6.07. The van der Waals surface area contributed by atoms with Gasteiger partial charge in [0.2, 0.25) is 5.91 Å². The van der Waals surface area contributed by atoms with Gasteiger partial charge in [-0.25, -0.2) is 5.01 Å². The molecule has 3 heterocycles. The molecule has 1 aliphatic carbocycles. The maximum Gasteiger partial charge on any atom is 0.255 e. The zero-order valence-corrected chi connectivity index (χ0v) is 21.5. The van der Waals surface area contributed by atoms with Crippen LogP contribution < -0.4 is 9.47 Å². The van der Waals surface area contributed by atoms with Crippen LogP contribution in [0.4, 0.5) is 0 Å². The van der Waals surface area contributed by atoms with E-state index in [0.29, 0.717) is 49.7 Å². The minimum atomic E-state index is -0.419. The van der Waals surface area contributed by atoms with Crippen molar-refractivity contribution in [2.75, 3.05) is 19.8 Å². The molecule has 3 aliphatic rings. The Labute approximate surface area is 218 Å². The van der Waals surface area contributed by atoms with Crippen molar-refractivity contribution in [1.82, 2.24) is 14.9 Å². The quantitative estimate of drug-likeness (QED) is 0.514. The predicted octanol–water partition coefficient (Wildman–Crippen LogP) is 4.66.